The summed E-state index contributed by atoms with van der Waals surface area (Å²) in [6, 6.07) is 13.0. The van der Waals surface area contributed by atoms with E-state index >= 15 is 0 Å². The Kier molecular flexibility index (Phi) is 2.88. The Labute approximate surface area is 93.0 Å². The van der Waals surface area contributed by atoms with Gasteiger partial charge in [-0.05, 0) is 16.3 Å². The monoisotopic (exact) mass is 216 g/mol. The third kappa shape index (κ3) is 1.77. The lowest BCUT2D eigenvalue weighted by Gasteiger charge is -2.12. The quantitative estimate of drug-likeness (QED) is 0.825. The van der Waals surface area contributed by atoms with E-state index in [2.05, 4.69) is 0 Å². The highest BCUT2D eigenvalue weighted by molar-refractivity contribution is 5.90. The molecule has 1 atom stereocenters. The number of fused-ring (bicyclic) bond motifs is 1. The summed E-state index contributed by atoms with van der Waals surface area (Å²) in [7, 11) is 0. The van der Waals surface area contributed by atoms with Gasteiger partial charge in [0, 0.05) is 0 Å². The summed E-state index contributed by atoms with van der Waals surface area (Å²) in [5.41, 5.74) is 0.660. The lowest BCUT2D eigenvalue weighted by molar-refractivity contribution is -0.139. The van der Waals surface area contributed by atoms with E-state index in [1.807, 2.05) is 36.4 Å². The van der Waals surface area contributed by atoms with Gasteiger partial charge in [0.15, 0.2) is 0 Å². The van der Waals surface area contributed by atoms with Crippen LogP contribution in [0.1, 0.15) is 11.5 Å². The molecule has 2 rings (SSSR count). The third-order valence-electron chi connectivity index (χ3n) is 2.68. The number of rotatable bonds is 3. The standard InChI is InChI=1S/C13H12O3/c14-8-12(13(15)16)11-7-3-5-9-4-1-2-6-10(9)11/h1-7,12,14H,8H2,(H,15,16). The Morgan fingerprint density at radius 3 is 2.50 bits per heavy atom. The van der Waals surface area contributed by atoms with Crippen molar-refractivity contribution in [3.63, 3.8) is 0 Å². The predicted octanol–water partition coefficient (Wildman–Crippen LogP) is 2.00. The number of carbonyl (C=O) groups is 1. The Hall–Kier alpha value is -1.87. The second-order valence-electron chi connectivity index (χ2n) is 3.64. The summed E-state index contributed by atoms with van der Waals surface area (Å²) in [6.07, 6.45) is 0. The molecule has 0 aliphatic rings. The number of carboxylic acid groups (broad SMARTS) is 1. The minimum atomic E-state index is -1.00. The van der Waals surface area contributed by atoms with Gasteiger partial charge in [0.2, 0.25) is 0 Å². The molecular weight excluding hydrogens is 204 g/mol. The van der Waals surface area contributed by atoms with Gasteiger partial charge in [0.1, 0.15) is 5.92 Å². The second-order valence-corrected chi connectivity index (χ2v) is 3.64. The van der Waals surface area contributed by atoms with Gasteiger partial charge in [-0.3, -0.25) is 4.79 Å². The molecule has 2 aromatic carbocycles. The zero-order valence-electron chi connectivity index (χ0n) is 8.63. The van der Waals surface area contributed by atoms with Crippen LogP contribution in [-0.4, -0.2) is 22.8 Å². The SMILES string of the molecule is O=C(O)C(CO)c1cccc2ccccc12. The summed E-state index contributed by atoms with van der Waals surface area (Å²) in [6.45, 7) is -0.386. The summed E-state index contributed by atoms with van der Waals surface area (Å²) < 4.78 is 0. The smallest absolute Gasteiger partial charge is 0.313 e. The fraction of sp³-hybridized carbons (Fsp3) is 0.154. The van der Waals surface area contributed by atoms with Crippen LogP contribution in [0.25, 0.3) is 10.8 Å². The van der Waals surface area contributed by atoms with Crippen molar-refractivity contribution < 1.29 is 15.0 Å². The van der Waals surface area contributed by atoms with E-state index in [1.54, 1.807) is 6.07 Å². The molecule has 0 saturated carbocycles. The second kappa shape index (κ2) is 4.33. The normalized spacial score (nSPS) is 12.6. The minimum Gasteiger partial charge on any atom is -0.481 e. The van der Waals surface area contributed by atoms with Crippen molar-refractivity contribution in [2.24, 2.45) is 0 Å². The van der Waals surface area contributed by atoms with Gasteiger partial charge in [0.25, 0.3) is 0 Å². The van der Waals surface area contributed by atoms with Gasteiger partial charge in [-0.25, -0.2) is 0 Å². The van der Waals surface area contributed by atoms with Crippen molar-refractivity contribution in [3.8, 4) is 0 Å². The fourth-order valence-corrected chi connectivity index (χ4v) is 1.86. The molecule has 0 aliphatic heterocycles. The average Bonchev–Trinajstić information content (AvgIpc) is 2.30. The average molecular weight is 216 g/mol. The van der Waals surface area contributed by atoms with E-state index in [0.717, 1.165) is 10.8 Å². The van der Waals surface area contributed by atoms with E-state index in [0.29, 0.717) is 5.56 Å². The Bertz CT molecular complexity index is 514. The molecule has 1 unspecified atom stereocenters. The summed E-state index contributed by atoms with van der Waals surface area (Å²) in [5, 5.41) is 20.0. The Morgan fingerprint density at radius 1 is 1.12 bits per heavy atom. The number of benzene rings is 2. The molecule has 0 amide bonds. The van der Waals surface area contributed by atoms with Gasteiger partial charge in [0.05, 0.1) is 6.61 Å². The highest BCUT2D eigenvalue weighted by atomic mass is 16.4. The minimum absolute atomic E-state index is 0.386. The molecule has 82 valence electrons. The molecule has 0 heterocycles. The van der Waals surface area contributed by atoms with Crippen molar-refractivity contribution in [3.05, 3.63) is 48.0 Å². The molecule has 0 aliphatic carbocycles. The first-order valence-electron chi connectivity index (χ1n) is 5.05. The maximum absolute atomic E-state index is 11.0. The Balaban J connectivity index is 2.63. The maximum atomic E-state index is 11.0. The molecule has 3 nitrogen and oxygen atoms in total. The molecule has 2 aromatic rings. The zero-order chi connectivity index (χ0) is 11.5. The molecule has 0 radical (unpaired) electrons. The van der Waals surface area contributed by atoms with Crippen LogP contribution < -0.4 is 0 Å². The predicted molar refractivity (Wildman–Crippen MR) is 61.4 cm³/mol. The number of hydrogen-bond donors (Lipinski definition) is 2. The van der Waals surface area contributed by atoms with Crippen LogP contribution in [0.4, 0.5) is 0 Å². The number of aliphatic hydroxyl groups excluding tert-OH is 1. The van der Waals surface area contributed by atoms with Crippen LogP contribution in [0.3, 0.4) is 0 Å². The lowest BCUT2D eigenvalue weighted by Crippen LogP contribution is -2.15. The first-order valence-corrected chi connectivity index (χ1v) is 5.05. The summed E-state index contributed by atoms with van der Waals surface area (Å²) in [4.78, 5) is 11.0. The fourth-order valence-electron chi connectivity index (χ4n) is 1.86. The largest absolute Gasteiger partial charge is 0.481 e. The van der Waals surface area contributed by atoms with E-state index in [9.17, 15) is 4.79 Å². The number of carboxylic acids is 1. The van der Waals surface area contributed by atoms with Crippen LogP contribution in [0.5, 0.6) is 0 Å². The van der Waals surface area contributed by atoms with Gasteiger partial charge in [-0.2, -0.15) is 0 Å². The topological polar surface area (TPSA) is 57.5 Å². The van der Waals surface area contributed by atoms with Gasteiger partial charge in [-0.1, -0.05) is 42.5 Å². The highest BCUT2D eigenvalue weighted by Gasteiger charge is 2.20. The molecule has 16 heavy (non-hydrogen) atoms. The number of aliphatic carboxylic acids is 1. The van der Waals surface area contributed by atoms with Gasteiger partial charge in [-0.15, -0.1) is 0 Å². The van der Waals surface area contributed by atoms with Crippen molar-refractivity contribution in [1.29, 1.82) is 0 Å². The Morgan fingerprint density at radius 2 is 1.81 bits per heavy atom. The van der Waals surface area contributed by atoms with Crippen molar-refractivity contribution >= 4 is 16.7 Å². The number of aliphatic hydroxyl groups is 1. The molecule has 3 heteroatoms. The van der Waals surface area contributed by atoms with Crippen LogP contribution in [-0.2, 0) is 4.79 Å². The summed E-state index contributed by atoms with van der Waals surface area (Å²) in [5.74, 6) is -1.86. The summed E-state index contributed by atoms with van der Waals surface area (Å²) >= 11 is 0. The zero-order valence-corrected chi connectivity index (χ0v) is 8.63. The van der Waals surface area contributed by atoms with Crippen LogP contribution in [0.2, 0.25) is 0 Å². The molecule has 0 spiro atoms. The van der Waals surface area contributed by atoms with Gasteiger partial charge < -0.3 is 10.2 Å². The van der Waals surface area contributed by atoms with Crippen molar-refractivity contribution in [2.75, 3.05) is 6.61 Å². The van der Waals surface area contributed by atoms with Crippen molar-refractivity contribution in [2.45, 2.75) is 5.92 Å². The lowest BCUT2D eigenvalue weighted by atomic mass is 9.94. The van der Waals surface area contributed by atoms with Crippen molar-refractivity contribution in [1.82, 2.24) is 0 Å². The van der Waals surface area contributed by atoms with E-state index < -0.39 is 11.9 Å². The molecule has 0 saturated heterocycles. The highest BCUT2D eigenvalue weighted by Crippen LogP contribution is 2.25. The number of hydrogen-bond acceptors (Lipinski definition) is 2. The molecular formula is C13H12O3. The molecule has 0 aromatic heterocycles. The molecule has 2 N–H and O–H groups in total. The first kappa shape index (κ1) is 10.6. The van der Waals surface area contributed by atoms with Crippen LogP contribution >= 0.6 is 0 Å². The maximum Gasteiger partial charge on any atom is 0.313 e. The van der Waals surface area contributed by atoms with E-state index in [4.69, 9.17) is 10.2 Å². The van der Waals surface area contributed by atoms with Crippen LogP contribution in [0.15, 0.2) is 42.5 Å². The van der Waals surface area contributed by atoms with E-state index in [-0.39, 0.29) is 6.61 Å². The third-order valence-corrected chi connectivity index (χ3v) is 2.68. The van der Waals surface area contributed by atoms with Gasteiger partial charge >= 0.3 is 5.97 Å². The first-order chi connectivity index (χ1) is 7.74. The molecule has 0 bridgehead atoms. The van der Waals surface area contributed by atoms with Crippen LogP contribution in [0, 0.1) is 0 Å². The van der Waals surface area contributed by atoms with E-state index in [1.165, 1.54) is 0 Å². The molecule has 0 fully saturated rings.